The number of ether oxygens (including phenoxy) is 3. The van der Waals surface area contributed by atoms with Crippen molar-refractivity contribution in [2.75, 3.05) is 25.2 Å². The lowest BCUT2D eigenvalue weighted by molar-refractivity contribution is -0.159. The topological polar surface area (TPSA) is 125 Å². The summed E-state index contributed by atoms with van der Waals surface area (Å²) in [7, 11) is -2.52. The summed E-state index contributed by atoms with van der Waals surface area (Å²) in [6.07, 6.45) is 0.974. The summed E-state index contributed by atoms with van der Waals surface area (Å²) in [5.41, 5.74) is 0.0645. The number of amides is 1. The first kappa shape index (κ1) is 33.2. The first-order valence-corrected chi connectivity index (χ1v) is 15.4. The molecule has 0 aliphatic carbocycles. The van der Waals surface area contributed by atoms with Crippen molar-refractivity contribution in [1.29, 1.82) is 0 Å². The zero-order valence-corrected chi connectivity index (χ0v) is 25.2. The molecule has 0 spiro atoms. The van der Waals surface area contributed by atoms with Gasteiger partial charge in [-0.1, -0.05) is 62.2 Å². The fraction of sp³-hybridized carbons (Fsp3) is 0.567. The summed E-state index contributed by atoms with van der Waals surface area (Å²) in [4.78, 5) is 38.1. The third-order valence-electron chi connectivity index (χ3n) is 6.15. The Balaban J connectivity index is 2.40. The van der Waals surface area contributed by atoms with Gasteiger partial charge in [-0.2, -0.15) is 0 Å². The van der Waals surface area contributed by atoms with Crippen LogP contribution in [-0.4, -0.2) is 69.2 Å². The van der Waals surface area contributed by atoms with E-state index in [-0.39, 0.29) is 13.0 Å². The van der Waals surface area contributed by atoms with Gasteiger partial charge in [-0.05, 0) is 49.9 Å². The van der Waals surface area contributed by atoms with E-state index >= 15 is 0 Å². The van der Waals surface area contributed by atoms with Crippen LogP contribution in [-0.2, 0) is 44.9 Å². The van der Waals surface area contributed by atoms with E-state index in [9.17, 15) is 22.8 Å². The van der Waals surface area contributed by atoms with Crippen molar-refractivity contribution in [1.82, 2.24) is 5.32 Å². The second-order valence-corrected chi connectivity index (χ2v) is 13.2. The second kappa shape index (κ2) is 15.1. The summed E-state index contributed by atoms with van der Waals surface area (Å²) in [5, 5.41) is 4.66. The van der Waals surface area contributed by atoms with E-state index in [1.165, 1.54) is 14.0 Å². The monoisotopic (exact) mass is 577 g/mol. The predicted octanol–water partition coefficient (Wildman–Crippen LogP) is 4.01. The van der Waals surface area contributed by atoms with Crippen molar-refractivity contribution in [2.24, 2.45) is 5.92 Å². The van der Waals surface area contributed by atoms with E-state index in [2.05, 4.69) is 5.32 Å². The summed E-state index contributed by atoms with van der Waals surface area (Å²) >= 11 is 0. The molecular formula is C30H43NO8S. The molecule has 0 saturated carbocycles. The number of methoxy groups -OCH3 is 1. The van der Waals surface area contributed by atoms with Crippen LogP contribution in [0.5, 0.6) is 0 Å². The van der Waals surface area contributed by atoms with E-state index in [0.29, 0.717) is 12.8 Å². The number of carbonyl (C=O) groups is 3. The highest BCUT2D eigenvalue weighted by Gasteiger charge is 2.33. The van der Waals surface area contributed by atoms with Crippen LogP contribution in [0.4, 0.5) is 0 Å². The van der Waals surface area contributed by atoms with Crippen molar-refractivity contribution in [3.05, 3.63) is 48.0 Å². The quantitative estimate of drug-likeness (QED) is 0.315. The van der Waals surface area contributed by atoms with E-state index in [1.807, 2.05) is 49.4 Å². The maximum atomic E-state index is 13.7. The SMILES string of the molecule is CCCC[C@H](NC(=O)[C@H](Cc1cccc2ccccc12)CS(=O)(=O)C[C@H](COC)OC(C)=O)C(=O)OC(C)(C)C. The first-order chi connectivity index (χ1) is 18.7. The molecule has 3 atom stereocenters. The van der Waals surface area contributed by atoms with Gasteiger partial charge in [-0.3, -0.25) is 9.59 Å². The van der Waals surface area contributed by atoms with Gasteiger partial charge in [0.15, 0.2) is 9.84 Å². The van der Waals surface area contributed by atoms with Gasteiger partial charge < -0.3 is 19.5 Å². The highest BCUT2D eigenvalue weighted by molar-refractivity contribution is 7.91. The average Bonchev–Trinajstić information content (AvgIpc) is 2.84. The lowest BCUT2D eigenvalue weighted by atomic mass is 9.95. The van der Waals surface area contributed by atoms with Gasteiger partial charge >= 0.3 is 11.9 Å². The third-order valence-corrected chi connectivity index (χ3v) is 7.94. The first-order valence-electron chi connectivity index (χ1n) is 13.6. The maximum absolute atomic E-state index is 13.7. The molecule has 10 heteroatoms. The van der Waals surface area contributed by atoms with Crippen molar-refractivity contribution in [3.8, 4) is 0 Å². The standard InChI is InChI=1S/C30H43NO8S/c1-7-8-16-27(29(34)39-30(3,4)5)31-28(33)24(17-23-14-11-13-22-12-9-10-15-26(22)23)19-40(35,36)20-25(18-37-6)38-21(2)32/h9-15,24-25,27H,7-8,16-20H2,1-6H3,(H,31,33)/t24-,25+,27+/m1/s1. The predicted molar refractivity (Wildman–Crippen MR) is 155 cm³/mol. The van der Waals surface area contributed by atoms with Crippen LogP contribution in [0.2, 0.25) is 0 Å². The van der Waals surface area contributed by atoms with Gasteiger partial charge in [0, 0.05) is 14.0 Å². The van der Waals surface area contributed by atoms with Gasteiger partial charge in [-0.25, -0.2) is 13.2 Å². The molecule has 0 saturated heterocycles. The molecule has 1 N–H and O–H groups in total. The molecule has 0 aromatic heterocycles. The summed E-state index contributed by atoms with van der Waals surface area (Å²) < 4.78 is 42.3. The second-order valence-electron chi connectivity index (χ2n) is 11.0. The molecule has 2 aromatic rings. The van der Waals surface area contributed by atoms with E-state index in [0.717, 1.165) is 22.8 Å². The van der Waals surface area contributed by atoms with Crippen LogP contribution in [0.1, 0.15) is 59.4 Å². The number of nitrogens with one attached hydrogen (secondary N) is 1. The Morgan fingerprint density at radius 1 is 1.00 bits per heavy atom. The summed E-state index contributed by atoms with van der Waals surface area (Å²) in [5.74, 6) is -3.75. The zero-order valence-electron chi connectivity index (χ0n) is 24.4. The number of sulfone groups is 1. The number of carbonyl (C=O) groups excluding carboxylic acids is 3. The highest BCUT2D eigenvalue weighted by atomic mass is 32.2. The molecule has 0 aliphatic heterocycles. The van der Waals surface area contributed by atoms with Gasteiger partial charge in [-0.15, -0.1) is 0 Å². The van der Waals surface area contributed by atoms with E-state index < -0.39 is 62.9 Å². The minimum absolute atomic E-state index is 0.100. The fourth-order valence-corrected chi connectivity index (χ4v) is 6.23. The fourth-order valence-electron chi connectivity index (χ4n) is 4.48. The van der Waals surface area contributed by atoms with Crippen LogP contribution in [0.25, 0.3) is 10.8 Å². The van der Waals surface area contributed by atoms with Gasteiger partial charge in [0.25, 0.3) is 0 Å². The molecule has 2 rings (SSSR count). The minimum Gasteiger partial charge on any atom is -0.459 e. The number of esters is 2. The summed E-state index contributed by atoms with van der Waals surface area (Å²) in [6.45, 7) is 8.32. The average molecular weight is 578 g/mol. The van der Waals surface area contributed by atoms with Crippen LogP contribution < -0.4 is 5.32 Å². The highest BCUT2D eigenvalue weighted by Crippen LogP contribution is 2.23. The van der Waals surface area contributed by atoms with Crippen molar-refractivity contribution >= 4 is 38.5 Å². The molecular weight excluding hydrogens is 534 g/mol. The Bertz CT molecular complexity index is 1250. The van der Waals surface area contributed by atoms with Crippen molar-refractivity contribution in [2.45, 2.75) is 78.0 Å². The maximum Gasteiger partial charge on any atom is 0.329 e. The summed E-state index contributed by atoms with van der Waals surface area (Å²) in [6, 6.07) is 12.4. The Morgan fingerprint density at radius 2 is 1.68 bits per heavy atom. The smallest absolute Gasteiger partial charge is 0.329 e. The Labute approximate surface area is 237 Å². The van der Waals surface area contributed by atoms with E-state index in [1.54, 1.807) is 20.8 Å². The molecule has 0 fully saturated rings. The van der Waals surface area contributed by atoms with Gasteiger partial charge in [0.1, 0.15) is 17.7 Å². The number of hydrogen-bond acceptors (Lipinski definition) is 8. The van der Waals surface area contributed by atoms with Gasteiger partial charge in [0.05, 0.1) is 24.0 Å². The molecule has 0 bridgehead atoms. The van der Waals surface area contributed by atoms with Crippen LogP contribution in [0, 0.1) is 5.92 Å². The molecule has 40 heavy (non-hydrogen) atoms. The molecule has 222 valence electrons. The zero-order chi connectivity index (χ0) is 29.9. The van der Waals surface area contributed by atoms with Crippen molar-refractivity contribution in [3.63, 3.8) is 0 Å². The molecule has 1 amide bonds. The number of unbranched alkanes of at least 4 members (excludes halogenated alkanes) is 1. The van der Waals surface area contributed by atoms with Crippen LogP contribution in [0.3, 0.4) is 0 Å². The minimum atomic E-state index is -3.90. The lowest BCUT2D eigenvalue weighted by Gasteiger charge is -2.26. The number of benzene rings is 2. The van der Waals surface area contributed by atoms with E-state index in [4.69, 9.17) is 14.2 Å². The lowest BCUT2D eigenvalue weighted by Crippen LogP contribution is -2.48. The Morgan fingerprint density at radius 3 is 2.30 bits per heavy atom. The van der Waals surface area contributed by atoms with Crippen LogP contribution in [0.15, 0.2) is 42.5 Å². The van der Waals surface area contributed by atoms with Gasteiger partial charge in [0.2, 0.25) is 5.91 Å². The van der Waals surface area contributed by atoms with Crippen molar-refractivity contribution < 1.29 is 37.0 Å². The largest absolute Gasteiger partial charge is 0.459 e. The molecule has 2 aromatic carbocycles. The third kappa shape index (κ3) is 11.3. The number of rotatable bonds is 15. The Kier molecular flexibility index (Phi) is 12.6. The molecule has 0 heterocycles. The normalized spacial score (nSPS) is 14.2. The molecule has 9 nitrogen and oxygen atoms in total. The molecule has 0 radical (unpaired) electrons. The number of hydrogen-bond donors (Lipinski definition) is 1. The number of fused-ring (bicyclic) bond motifs is 1. The Hall–Kier alpha value is -2.98. The molecule has 0 aliphatic rings. The molecule has 0 unspecified atom stereocenters. The van der Waals surface area contributed by atoms with Crippen LogP contribution >= 0.6 is 0 Å².